The van der Waals surface area contributed by atoms with E-state index in [4.69, 9.17) is 9.47 Å². The Morgan fingerprint density at radius 2 is 0.969 bits per heavy atom. The average molecular weight is 910 g/mol. The fraction of sp³-hybridized carbons (Fsp3) is 0.696. The molecule has 1 saturated heterocycles. The SMILES string of the molecule is CC/C=C\C/C=C\C/C=C\C/C=C\C/C=C\CCCC(=O)NC(COC1OC(CO)C(O)C(O)C1O)C(O)/C=C/CC/C=C/CC/C=C/CCCCCCCCCCCCCCCCC. The molecule has 7 unspecified atom stereocenters. The molecule has 0 aliphatic carbocycles. The van der Waals surface area contributed by atoms with E-state index in [0.29, 0.717) is 12.8 Å². The maximum Gasteiger partial charge on any atom is 0.220 e. The standard InChI is InChI=1S/C56H95NO8/c1-3-5-7-9-11-13-15-17-19-21-22-23-24-25-26-27-28-30-31-33-35-37-39-41-43-45-50(59)49(48-64-56-55(63)54(62)53(61)51(47-58)65-56)57-52(60)46-44-42-40-38-36-34-32-29-20-18-16-14-12-10-8-6-4-2/h6,8,12,14,18,20,28,30,32,34-35,37-38,40,43,45,49-51,53-56,58-59,61-63H,3-5,7,9-11,13,15-17,19,21-27,29,31,33,36,39,41-42,44,46-48H2,1-2H3,(H,57,60)/b8-6-,14-12-,20-18-,30-28+,34-32-,37-35+,40-38-,45-43+. The van der Waals surface area contributed by atoms with E-state index in [0.717, 1.165) is 64.2 Å². The van der Waals surface area contributed by atoms with Gasteiger partial charge in [-0.25, -0.2) is 0 Å². The minimum Gasteiger partial charge on any atom is -0.394 e. The maximum atomic E-state index is 13.0. The Morgan fingerprint density at radius 3 is 1.48 bits per heavy atom. The van der Waals surface area contributed by atoms with Gasteiger partial charge in [-0.2, -0.15) is 0 Å². The maximum absolute atomic E-state index is 13.0. The third-order valence-corrected chi connectivity index (χ3v) is 11.6. The molecule has 6 N–H and O–H groups in total. The molecule has 1 fully saturated rings. The van der Waals surface area contributed by atoms with Gasteiger partial charge in [0.2, 0.25) is 5.91 Å². The van der Waals surface area contributed by atoms with Crippen molar-refractivity contribution in [2.45, 2.75) is 236 Å². The third-order valence-electron chi connectivity index (χ3n) is 11.6. The first-order valence-corrected chi connectivity index (χ1v) is 26.0. The van der Waals surface area contributed by atoms with E-state index in [2.05, 4.69) is 104 Å². The first-order chi connectivity index (χ1) is 31.8. The number of ether oxygens (including phenoxy) is 2. The normalized spacial score (nSPS) is 20.8. The van der Waals surface area contributed by atoms with Crippen LogP contribution in [0.2, 0.25) is 0 Å². The highest BCUT2D eigenvalue weighted by Crippen LogP contribution is 2.22. The second kappa shape index (κ2) is 44.9. The van der Waals surface area contributed by atoms with Crippen molar-refractivity contribution >= 4 is 5.91 Å². The summed E-state index contributed by atoms with van der Waals surface area (Å²) in [5.41, 5.74) is 0. The number of nitrogens with one attached hydrogen (secondary N) is 1. The van der Waals surface area contributed by atoms with E-state index in [1.54, 1.807) is 6.08 Å². The number of rotatable bonds is 42. The van der Waals surface area contributed by atoms with E-state index < -0.39 is 49.5 Å². The Balaban J connectivity index is 2.36. The van der Waals surface area contributed by atoms with Crippen LogP contribution in [0.15, 0.2) is 97.2 Å². The fourth-order valence-corrected chi connectivity index (χ4v) is 7.52. The molecule has 0 aromatic rings. The smallest absolute Gasteiger partial charge is 0.220 e. The van der Waals surface area contributed by atoms with E-state index in [-0.39, 0.29) is 18.9 Å². The number of hydrogen-bond acceptors (Lipinski definition) is 8. The Bertz CT molecular complexity index is 1330. The monoisotopic (exact) mass is 910 g/mol. The van der Waals surface area contributed by atoms with Crippen molar-refractivity contribution in [2.24, 2.45) is 0 Å². The molecule has 0 bridgehead atoms. The molecule has 9 nitrogen and oxygen atoms in total. The molecule has 0 spiro atoms. The fourth-order valence-electron chi connectivity index (χ4n) is 7.52. The van der Waals surface area contributed by atoms with Crippen molar-refractivity contribution in [3.8, 4) is 0 Å². The van der Waals surface area contributed by atoms with Gasteiger partial charge in [0.1, 0.15) is 24.4 Å². The van der Waals surface area contributed by atoms with Crippen LogP contribution in [0.3, 0.4) is 0 Å². The Kier molecular flexibility index (Phi) is 41.6. The second-order valence-corrected chi connectivity index (χ2v) is 17.6. The lowest BCUT2D eigenvalue weighted by Crippen LogP contribution is -2.60. The molecule has 1 rings (SSSR count). The highest BCUT2D eigenvalue weighted by molar-refractivity contribution is 5.76. The zero-order valence-electron chi connectivity index (χ0n) is 41.0. The van der Waals surface area contributed by atoms with Crippen LogP contribution in [-0.2, 0) is 14.3 Å². The minimum absolute atomic E-state index is 0.235. The van der Waals surface area contributed by atoms with Gasteiger partial charge in [0.05, 0.1) is 25.4 Å². The Morgan fingerprint density at radius 1 is 0.538 bits per heavy atom. The molecule has 65 heavy (non-hydrogen) atoms. The predicted molar refractivity (Wildman–Crippen MR) is 271 cm³/mol. The zero-order chi connectivity index (χ0) is 47.3. The van der Waals surface area contributed by atoms with Crippen LogP contribution in [0.1, 0.15) is 194 Å². The third kappa shape index (κ3) is 35.0. The van der Waals surface area contributed by atoms with Crippen LogP contribution in [0.5, 0.6) is 0 Å². The number of aliphatic hydroxyl groups is 5. The molecule has 1 amide bonds. The molecule has 0 aromatic carbocycles. The number of carbonyl (C=O) groups is 1. The zero-order valence-corrected chi connectivity index (χ0v) is 41.0. The van der Waals surface area contributed by atoms with Crippen LogP contribution in [-0.4, -0.2) is 87.5 Å². The number of hydrogen-bond donors (Lipinski definition) is 6. The van der Waals surface area contributed by atoms with Crippen molar-refractivity contribution in [2.75, 3.05) is 13.2 Å². The van der Waals surface area contributed by atoms with Crippen LogP contribution in [0.25, 0.3) is 0 Å². The van der Waals surface area contributed by atoms with Gasteiger partial charge in [0, 0.05) is 6.42 Å². The summed E-state index contributed by atoms with van der Waals surface area (Å²) in [5, 5.41) is 54.3. The lowest BCUT2D eigenvalue weighted by molar-refractivity contribution is -0.302. The highest BCUT2D eigenvalue weighted by atomic mass is 16.7. The summed E-state index contributed by atoms with van der Waals surface area (Å²) in [4.78, 5) is 13.0. The van der Waals surface area contributed by atoms with E-state index in [9.17, 15) is 30.3 Å². The van der Waals surface area contributed by atoms with Gasteiger partial charge in [-0.15, -0.1) is 0 Å². The van der Waals surface area contributed by atoms with Gasteiger partial charge in [0.15, 0.2) is 6.29 Å². The molecule has 372 valence electrons. The topological polar surface area (TPSA) is 149 Å². The summed E-state index contributed by atoms with van der Waals surface area (Å²) < 4.78 is 11.2. The lowest BCUT2D eigenvalue weighted by atomic mass is 9.99. The number of amides is 1. The molecule has 1 aliphatic heterocycles. The second-order valence-electron chi connectivity index (χ2n) is 17.6. The van der Waals surface area contributed by atoms with Crippen molar-refractivity contribution in [1.82, 2.24) is 5.32 Å². The van der Waals surface area contributed by atoms with E-state index in [1.165, 1.54) is 96.3 Å². The van der Waals surface area contributed by atoms with Crippen molar-refractivity contribution in [3.63, 3.8) is 0 Å². The highest BCUT2D eigenvalue weighted by Gasteiger charge is 2.44. The van der Waals surface area contributed by atoms with Crippen LogP contribution < -0.4 is 5.32 Å². The molecule has 0 radical (unpaired) electrons. The van der Waals surface area contributed by atoms with Crippen molar-refractivity contribution in [1.29, 1.82) is 0 Å². The quantitative estimate of drug-likeness (QED) is 0.0262. The van der Waals surface area contributed by atoms with E-state index in [1.807, 2.05) is 6.08 Å². The molecule has 0 aromatic heterocycles. The van der Waals surface area contributed by atoms with Crippen LogP contribution >= 0.6 is 0 Å². The summed E-state index contributed by atoms with van der Waals surface area (Å²) in [6, 6.07) is -0.864. The average Bonchev–Trinajstić information content (AvgIpc) is 3.31. The summed E-state index contributed by atoms with van der Waals surface area (Å²) in [6.07, 6.45) is 57.6. The molecular weight excluding hydrogens is 815 g/mol. The number of aliphatic hydroxyl groups excluding tert-OH is 5. The summed E-state index contributed by atoms with van der Waals surface area (Å²) >= 11 is 0. The Hall–Kier alpha value is -2.89. The lowest BCUT2D eigenvalue weighted by Gasteiger charge is -2.40. The van der Waals surface area contributed by atoms with Crippen LogP contribution in [0.4, 0.5) is 0 Å². The van der Waals surface area contributed by atoms with Crippen LogP contribution in [0, 0.1) is 0 Å². The molecule has 1 aliphatic rings. The number of unbranched alkanes of at least 4 members (excludes halogenated alkanes) is 18. The number of allylic oxidation sites excluding steroid dienone is 15. The minimum atomic E-state index is -1.59. The predicted octanol–water partition coefficient (Wildman–Crippen LogP) is 12.1. The van der Waals surface area contributed by atoms with Gasteiger partial charge in [-0.3, -0.25) is 4.79 Å². The van der Waals surface area contributed by atoms with Gasteiger partial charge < -0.3 is 40.3 Å². The molecule has 1 heterocycles. The largest absolute Gasteiger partial charge is 0.394 e. The summed E-state index contributed by atoms with van der Waals surface area (Å²) in [7, 11) is 0. The molecule has 0 saturated carbocycles. The first-order valence-electron chi connectivity index (χ1n) is 26.0. The van der Waals surface area contributed by atoms with Gasteiger partial charge in [-0.1, -0.05) is 201 Å². The molecule has 7 atom stereocenters. The Labute approximate surface area is 396 Å². The summed E-state index contributed by atoms with van der Waals surface area (Å²) in [6.45, 7) is 3.60. The first kappa shape index (κ1) is 60.1. The van der Waals surface area contributed by atoms with Crippen molar-refractivity contribution in [3.05, 3.63) is 97.2 Å². The van der Waals surface area contributed by atoms with Crippen molar-refractivity contribution < 1.29 is 39.8 Å². The van der Waals surface area contributed by atoms with Gasteiger partial charge in [-0.05, 0) is 83.5 Å². The van der Waals surface area contributed by atoms with E-state index >= 15 is 0 Å². The summed E-state index contributed by atoms with van der Waals surface area (Å²) in [5.74, 6) is -0.251. The van der Waals surface area contributed by atoms with Gasteiger partial charge in [0.25, 0.3) is 0 Å². The van der Waals surface area contributed by atoms with Gasteiger partial charge >= 0.3 is 0 Å². The molecule has 9 heteroatoms. The molecular formula is C56H95NO8. The number of carbonyl (C=O) groups excluding carboxylic acids is 1.